The summed E-state index contributed by atoms with van der Waals surface area (Å²) in [5, 5.41) is 2.66. The molecule has 0 radical (unpaired) electrons. The second-order valence-corrected chi connectivity index (χ2v) is 8.10. The van der Waals surface area contributed by atoms with E-state index in [4.69, 9.17) is 4.74 Å². The van der Waals surface area contributed by atoms with Crippen LogP contribution in [0.3, 0.4) is 0 Å². The lowest BCUT2D eigenvalue weighted by molar-refractivity contribution is -0.123. The molecule has 0 bridgehead atoms. The molecule has 0 unspecified atom stereocenters. The van der Waals surface area contributed by atoms with Crippen LogP contribution in [0.4, 0.5) is 5.69 Å². The Labute approximate surface area is 165 Å². The number of carbonyl (C=O) groups excluding carboxylic acids is 2. The summed E-state index contributed by atoms with van der Waals surface area (Å²) in [5.41, 5.74) is 1.70. The number of aryl methyl sites for hydroxylation is 1. The van der Waals surface area contributed by atoms with Gasteiger partial charge in [0.25, 0.3) is 5.91 Å². The number of esters is 1. The van der Waals surface area contributed by atoms with Crippen LogP contribution in [0.25, 0.3) is 0 Å². The van der Waals surface area contributed by atoms with E-state index in [1.807, 2.05) is 26.0 Å². The van der Waals surface area contributed by atoms with Crippen LogP contribution in [0.2, 0.25) is 0 Å². The average Bonchev–Trinajstić information content (AvgIpc) is 2.68. The Morgan fingerprint density at radius 2 is 1.79 bits per heavy atom. The van der Waals surface area contributed by atoms with Gasteiger partial charge < -0.3 is 10.1 Å². The normalized spacial score (nSPS) is 12.2. The molecule has 0 aliphatic carbocycles. The predicted molar refractivity (Wildman–Crippen MR) is 107 cm³/mol. The van der Waals surface area contributed by atoms with Crippen molar-refractivity contribution in [3.05, 3.63) is 59.7 Å². The molecular weight excluding hydrogens is 380 g/mol. The quantitative estimate of drug-likeness (QED) is 0.659. The van der Waals surface area contributed by atoms with Crippen molar-refractivity contribution in [1.82, 2.24) is 4.72 Å². The predicted octanol–water partition coefficient (Wildman–Crippen LogP) is 2.87. The number of hydrogen-bond donors (Lipinski definition) is 2. The highest BCUT2D eigenvalue weighted by Crippen LogP contribution is 2.14. The van der Waals surface area contributed by atoms with Gasteiger partial charge in [0, 0.05) is 12.2 Å². The molecule has 0 aliphatic heterocycles. The third-order valence-corrected chi connectivity index (χ3v) is 5.35. The minimum atomic E-state index is -3.70. The fraction of sp³-hybridized carbons (Fsp3) is 0.300. The number of ether oxygens (including phenoxy) is 1. The summed E-state index contributed by atoms with van der Waals surface area (Å²) in [6.07, 6.45) is -0.401. The Morgan fingerprint density at radius 1 is 1.11 bits per heavy atom. The van der Waals surface area contributed by atoms with Crippen LogP contribution in [0.15, 0.2) is 53.4 Å². The maximum absolute atomic E-state index is 12.3. The Bertz CT molecular complexity index is 939. The fourth-order valence-corrected chi connectivity index (χ4v) is 3.45. The number of rotatable bonds is 8. The molecule has 2 aromatic carbocycles. The zero-order valence-corrected chi connectivity index (χ0v) is 16.9. The number of anilines is 1. The molecule has 0 fully saturated rings. The molecule has 0 aliphatic rings. The maximum atomic E-state index is 12.3. The maximum Gasteiger partial charge on any atom is 0.338 e. The van der Waals surface area contributed by atoms with Crippen molar-refractivity contribution in [1.29, 1.82) is 0 Å². The number of benzene rings is 2. The molecule has 8 heteroatoms. The van der Waals surface area contributed by atoms with Gasteiger partial charge in [0.05, 0.1) is 10.5 Å². The summed E-state index contributed by atoms with van der Waals surface area (Å²) in [6.45, 7) is 5.53. The SMILES string of the molecule is CCCNS(=O)(=O)c1cccc(C(=O)O[C@H](C)C(=O)Nc2ccc(C)cc2)c1. The standard InChI is InChI=1S/C20H24N2O5S/c1-4-12-21-28(25,26)18-7-5-6-16(13-18)20(24)27-15(3)19(23)22-17-10-8-14(2)9-11-17/h5-11,13,15,21H,4,12H2,1-3H3,(H,22,23)/t15-/m1/s1. The van der Waals surface area contributed by atoms with Crippen LogP contribution in [0.1, 0.15) is 36.2 Å². The van der Waals surface area contributed by atoms with Crippen LogP contribution >= 0.6 is 0 Å². The van der Waals surface area contributed by atoms with Gasteiger partial charge in [-0.3, -0.25) is 4.79 Å². The molecular formula is C20H24N2O5S. The summed E-state index contributed by atoms with van der Waals surface area (Å²) in [6, 6.07) is 12.7. The van der Waals surface area contributed by atoms with Crippen LogP contribution < -0.4 is 10.0 Å². The van der Waals surface area contributed by atoms with Crippen molar-refractivity contribution in [3.8, 4) is 0 Å². The van der Waals surface area contributed by atoms with Crippen molar-refractivity contribution in [3.63, 3.8) is 0 Å². The van der Waals surface area contributed by atoms with E-state index < -0.39 is 28.0 Å². The van der Waals surface area contributed by atoms with Gasteiger partial charge in [-0.15, -0.1) is 0 Å². The number of nitrogens with one attached hydrogen (secondary N) is 2. The zero-order valence-electron chi connectivity index (χ0n) is 16.1. The molecule has 150 valence electrons. The van der Waals surface area contributed by atoms with Gasteiger partial charge in [-0.1, -0.05) is 30.7 Å². The van der Waals surface area contributed by atoms with Crippen molar-refractivity contribution in [2.24, 2.45) is 0 Å². The Morgan fingerprint density at radius 3 is 2.43 bits per heavy atom. The van der Waals surface area contributed by atoms with E-state index in [1.165, 1.54) is 31.2 Å². The van der Waals surface area contributed by atoms with E-state index in [9.17, 15) is 18.0 Å². The van der Waals surface area contributed by atoms with Gasteiger partial charge in [0.1, 0.15) is 0 Å². The molecule has 0 aromatic heterocycles. The van der Waals surface area contributed by atoms with Gasteiger partial charge in [0.15, 0.2) is 6.10 Å². The van der Waals surface area contributed by atoms with Gasteiger partial charge in [0.2, 0.25) is 10.0 Å². The van der Waals surface area contributed by atoms with E-state index >= 15 is 0 Å². The van der Waals surface area contributed by atoms with E-state index in [2.05, 4.69) is 10.0 Å². The van der Waals surface area contributed by atoms with Crippen LogP contribution in [-0.4, -0.2) is 32.9 Å². The van der Waals surface area contributed by atoms with E-state index in [0.717, 1.165) is 5.56 Å². The van der Waals surface area contributed by atoms with Crippen LogP contribution in [0.5, 0.6) is 0 Å². The summed E-state index contributed by atoms with van der Waals surface area (Å²) in [7, 11) is -3.70. The third-order valence-electron chi connectivity index (χ3n) is 3.89. The van der Waals surface area contributed by atoms with Crippen LogP contribution in [0, 0.1) is 6.92 Å². The molecule has 7 nitrogen and oxygen atoms in total. The topological polar surface area (TPSA) is 102 Å². The first kappa shape index (κ1) is 21.6. The largest absolute Gasteiger partial charge is 0.449 e. The highest BCUT2D eigenvalue weighted by Gasteiger charge is 2.21. The van der Waals surface area contributed by atoms with E-state index in [0.29, 0.717) is 18.7 Å². The van der Waals surface area contributed by atoms with Crippen molar-refractivity contribution in [2.75, 3.05) is 11.9 Å². The smallest absolute Gasteiger partial charge is 0.338 e. The molecule has 2 aromatic rings. The highest BCUT2D eigenvalue weighted by molar-refractivity contribution is 7.89. The third kappa shape index (κ3) is 5.90. The van der Waals surface area contributed by atoms with E-state index in [1.54, 1.807) is 12.1 Å². The van der Waals surface area contributed by atoms with Crippen molar-refractivity contribution >= 4 is 27.6 Å². The number of hydrogen-bond acceptors (Lipinski definition) is 5. The molecule has 0 heterocycles. The molecule has 0 spiro atoms. The molecule has 28 heavy (non-hydrogen) atoms. The van der Waals surface area contributed by atoms with Crippen molar-refractivity contribution in [2.45, 2.75) is 38.2 Å². The highest BCUT2D eigenvalue weighted by atomic mass is 32.2. The summed E-state index contributed by atoms with van der Waals surface area (Å²) in [4.78, 5) is 24.5. The molecule has 0 saturated carbocycles. The second-order valence-electron chi connectivity index (χ2n) is 6.33. The fourth-order valence-electron chi connectivity index (χ4n) is 2.27. The van der Waals surface area contributed by atoms with Gasteiger partial charge in [-0.05, 0) is 50.6 Å². The minimum absolute atomic E-state index is 0.0350. The Hall–Kier alpha value is -2.71. The van der Waals surface area contributed by atoms with E-state index in [-0.39, 0.29) is 10.5 Å². The number of carbonyl (C=O) groups is 2. The van der Waals surface area contributed by atoms with Gasteiger partial charge in [-0.2, -0.15) is 0 Å². The lowest BCUT2D eigenvalue weighted by Crippen LogP contribution is -2.30. The molecule has 1 atom stereocenters. The zero-order chi connectivity index (χ0) is 20.7. The summed E-state index contributed by atoms with van der Waals surface area (Å²) >= 11 is 0. The summed E-state index contributed by atoms with van der Waals surface area (Å²) in [5.74, 6) is -1.26. The molecule has 0 saturated heterocycles. The van der Waals surface area contributed by atoms with Crippen LogP contribution in [-0.2, 0) is 19.6 Å². The van der Waals surface area contributed by atoms with Gasteiger partial charge in [-0.25, -0.2) is 17.9 Å². The first-order valence-electron chi connectivity index (χ1n) is 8.91. The first-order chi connectivity index (χ1) is 13.2. The van der Waals surface area contributed by atoms with Gasteiger partial charge >= 0.3 is 5.97 Å². The lowest BCUT2D eigenvalue weighted by Gasteiger charge is -2.14. The minimum Gasteiger partial charge on any atom is -0.449 e. The Balaban J connectivity index is 2.04. The average molecular weight is 404 g/mol. The second kappa shape index (κ2) is 9.48. The molecule has 2 N–H and O–H groups in total. The summed E-state index contributed by atoms with van der Waals surface area (Å²) < 4.78 is 32.0. The molecule has 2 rings (SSSR count). The van der Waals surface area contributed by atoms with Crippen molar-refractivity contribution < 1.29 is 22.7 Å². The number of amides is 1. The molecule has 1 amide bonds. The first-order valence-corrected chi connectivity index (χ1v) is 10.4. The monoisotopic (exact) mass is 404 g/mol. The number of sulfonamides is 1. The Kier molecular flexibility index (Phi) is 7.31. The lowest BCUT2D eigenvalue weighted by atomic mass is 10.2.